The molecule has 0 aromatic rings. The van der Waals surface area contributed by atoms with E-state index in [0.29, 0.717) is 0 Å². The Labute approximate surface area is 176 Å². The molecule has 0 aromatic carbocycles. The van der Waals surface area contributed by atoms with Crippen LogP contribution in [0.4, 0.5) is 0 Å². The first-order chi connectivity index (χ1) is 9.80. The second kappa shape index (κ2) is 14.9. The number of allylic oxidation sites excluding steroid dienone is 4. The molecule has 0 amide bonds. The van der Waals surface area contributed by atoms with Gasteiger partial charge in [-0.15, -0.1) is 16.6 Å². The van der Waals surface area contributed by atoms with Gasteiger partial charge in [0, 0.05) is 0 Å². The van der Waals surface area contributed by atoms with Crippen LogP contribution in [-0.2, 0) is 26.2 Å². The minimum Gasteiger partial charge on any atom is 4.00 e. The molecule has 3 nitrogen and oxygen atoms in total. The van der Waals surface area contributed by atoms with Crippen molar-refractivity contribution in [2.45, 2.75) is 96.9 Å². The van der Waals surface area contributed by atoms with E-state index in [0.717, 1.165) is 6.42 Å². The third-order valence-corrected chi connectivity index (χ3v) is 4.79. The smallest absolute Gasteiger partial charge is 4.00 e. The zero-order valence-electron chi connectivity index (χ0n) is 17.9. The van der Waals surface area contributed by atoms with Crippen LogP contribution in [0.25, 0.3) is 17.2 Å². The SMILES string of the molecule is CC(C)(C)[NH-].CC(C)(C)[NH-].CC(C)(C)[NH-].[CH3][GeH]([CH3])[C]1=[C-]CC=C1.[Zr+4]. The minimum absolute atomic E-state index is 0. The fourth-order valence-electron chi connectivity index (χ4n) is 0.818. The first-order valence-corrected chi connectivity index (χ1v) is 14.4. The molecule has 0 fully saturated rings. The topological polar surface area (TPSA) is 71.4 Å². The maximum atomic E-state index is 6.94. The van der Waals surface area contributed by atoms with Crippen LogP contribution in [0, 0.1) is 6.08 Å². The normalized spacial score (nSPS) is 13.4. The van der Waals surface area contributed by atoms with Crippen molar-refractivity contribution in [3.63, 3.8) is 0 Å². The summed E-state index contributed by atoms with van der Waals surface area (Å²) in [5, 5.41) is 0. The Bertz CT molecular complexity index is 297. The third-order valence-electron chi connectivity index (χ3n) is 1.34. The van der Waals surface area contributed by atoms with Crippen LogP contribution < -0.4 is 0 Å². The van der Waals surface area contributed by atoms with Crippen molar-refractivity contribution in [3.05, 3.63) is 39.8 Å². The van der Waals surface area contributed by atoms with E-state index in [1.165, 1.54) is 0 Å². The summed E-state index contributed by atoms with van der Waals surface area (Å²) >= 11 is -0.912. The molecule has 0 atom stereocenters. The Morgan fingerprint density at radius 3 is 1.12 bits per heavy atom. The largest absolute Gasteiger partial charge is 4.00 e. The van der Waals surface area contributed by atoms with Crippen molar-refractivity contribution in [1.82, 2.24) is 0 Å². The van der Waals surface area contributed by atoms with Crippen molar-refractivity contribution >= 4 is 14.3 Å². The zero-order valence-corrected chi connectivity index (χ0v) is 22.8. The molecule has 1 aliphatic carbocycles. The molecule has 0 spiro atoms. The van der Waals surface area contributed by atoms with E-state index in [2.05, 4.69) is 29.7 Å². The molecule has 0 heterocycles. The van der Waals surface area contributed by atoms with Crippen LogP contribution >= 0.6 is 0 Å². The van der Waals surface area contributed by atoms with Gasteiger partial charge in [-0.25, -0.2) is 0 Å². The van der Waals surface area contributed by atoms with Gasteiger partial charge in [-0.2, -0.15) is 0 Å². The summed E-state index contributed by atoms with van der Waals surface area (Å²) in [5.41, 5.74) is 20.1. The van der Waals surface area contributed by atoms with Crippen LogP contribution in [0.3, 0.4) is 0 Å². The summed E-state index contributed by atoms with van der Waals surface area (Å²) in [4.78, 5) is 0. The Balaban J connectivity index is -0.000000113. The molecule has 5 heteroatoms. The van der Waals surface area contributed by atoms with Crippen molar-refractivity contribution < 1.29 is 26.2 Å². The van der Waals surface area contributed by atoms with Crippen molar-refractivity contribution in [2.24, 2.45) is 0 Å². The molecular weight excluding hydrogens is 434 g/mol. The van der Waals surface area contributed by atoms with E-state index < -0.39 is 14.3 Å². The molecule has 1 aliphatic rings. The van der Waals surface area contributed by atoms with Crippen LogP contribution in [0.15, 0.2) is 16.6 Å². The van der Waals surface area contributed by atoms with Crippen LogP contribution in [-0.4, -0.2) is 31.0 Å². The Hall–Kier alpha value is 0.786. The van der Waals surface area contributed by atoms with Crippen LogP contribution in [0.5, 0.6) is 0 Å². The third kappa shape index (κ3) is 77.9. The maximum absolute atomic E-state index is 6.94. The summed E-state index contributed by atoms with van der Waals surface area (Å²) in [7, 11) is 0. The fraction of sp³-hybridized carbons (Fsp3) is 0.789. The molecule has 3 N–H and O–H groups in total. The molecule has 0 bridgehead atoms. The van der Waals surface area contributed by atoms with E-state index in [1.807, 2.05) is 62.3 Å². The Morgan fingerprint density at radius 2 is 1.04 bits per heavy atom. The van der Waals surface area contributed by atoms with Gasteiger partial charge in [-0.05, 0) is 0 Å². The van der Waals surface area contributed by atoms with Gasteiger partial charge in [0.1, 0.15) is 0 Å². The second-order valence-electron chi connectivity index (χ2n) is 9.14. The molecule has 1 rings (SSSR count). The van der Waals surface area contributed by atoms with Gasteiger partial charge in [0.2, 0.25) is 0 Å². The standard InChI is InChI=1S/C7H11Ge.3C4H10N.Zr/c1-8(2)7-5-3-4-6-7;3*1-4(2,3)5;/h3,5,8H,4H2,1-2H3;3*5H,1-3H3;/q4*-1;+4. The molecule has 140 valence electrons. The molecule has 0 unspecified atom stereocenters. The van der Waals surface area contributed by atoms with E-state index in [-0.39, 0.29) is 42.8 Å². The Kier molecular flexibility index (Phi) is 20.2. The number of rotatable bonds is 1. The van der Waals surface area contributed by atoms with Gasteiger partial charge < -0.3 is 17.2 Å². The monoisotopic (exact) mass is 475 g/mol. The first kappa shape index (κ1) is 32.5. The second-order valence-corrected chi connectivity index (χ2v) is 15.3. The molecule has 0 saturated heterocycles. The summed E-state index contributed by atoms with van der Waals surface area (Å²) in [5.74, 6) is 4.76. The molecular formula is C19H41GeN3Zr. The molecule has 24 heavy (non-hydrogen) atoms. The van der Waals surface area contributed by atoms with Crippen molar-refractivity contribution in [1.29, 1.82) is 0 Å². The van der Waals surface area contributed by atoms with Gasteiger partial charge in [-0.1, -0.05) is 62.3 Å². The maximum Gasteiger partial charge on any atom is 4.00 e. The van der Waals surface area contributed by atoms with Crippen LogP contribution in [0.2, 0.25) is 11.5 Å². The summed E-state index contributed by atoms with van der Waals surface area (Å²) in [6, 6.07) is 0. The predicted octanol–water partition coefficient (Wildman–Crippen LogP) is 7.21. The van der Waals surface area contributed by atoms with Gasteiger partial charge >= 0.3 is 81.1 Å². The quantitative estimate of drug-likeness (QED) is 0.284. The van der Waals surface area contributed by atoms with E-state index >= 15 is 0 Å². The number of hydrogen-bond acceptors (Lipinski definition) is 0. The predicted molar refractivity (Wildman–Crippen MR) is 112 cm³/mol. The fourth-order valence-corrected chi connectivity index (χ4v) is 3.02. The first-order valence-electron chi connectivity index (χ1n) is 8.33. The van der Waals surface area contributed by atoms with Gasteiger partial charge in [0.05, 0.1) is 0 Å². The molecule has 0 radical (unpaired) electrons. The summed E-state index contributed by atoms with van der Waals surface area (Å²) in [6.07, 6.45) is 8.85. The van der Waals surface area contributed by atoms with Gasteiger partial charge in [-0.3, -0.25) is 0 Å². The molecule has 0 saturated carbocycles. The molecule has 0 aromatic heterocycles. The van der Waals surface area contributed by atoms with Gasteiger partial charge in [0.25, 0.3) is 0 Å². The van der Waals surface area contributed by atoms with Crippen molar-refractivity contribution in [2.75, 3.05) is 0 Å². The number of nitrogens with one attached hydrogen (secondary N) is 3. The van der Waals surface area contributed by atoms with Gasteiger partial charge in [0.15, 0.2) is 0 Å². The van der Waals surface area contributed by atoms with E-state index in [1.54, 1.807) is 4.41 Å². The Morgan fingerprint density at radius 1 is 0.792 bits per heavy atom. The average molecular weight is 475 g/mol. The number of hydrogen-bond donors (Lipinski definition) is 0. The molecule has 0 aliphatic heterocycles. The average Bonchev–Trinajstić information content (AvgIpc) is 2.59. The zero-order chi connectivity index (χ0) is 19.5. The summed E-state index contributed by atoms with van der Waals surface area (Å²) < 4.78 is 1.55. The van der Waals surface area contributed by atoms with Crippen molar-refractivity contribution in [3.8, 4) is 0 Å². The minimum atomic E-state index is -0.912. The van der Waals surface area contributed by atoms with E-state index in [9.17, 15) is 0 Å². The summed E-state index contributed by atoms with van der Waals surface area (Å²) in [6.45, 7) is 16.7. The van der Waals surface area contributed by atoms with E-state index in [4.69, 9.17) is 17.2 Å². The van der Waals surface area contributed by atoms with Crippen LogP contribution in [0.1, 0.15) is 68.7 Å².